The number of benzene rings is 1. The molecule has 0 fully saturated rings. The molecule has 3 N–H and O–H groups in total. The van der Waals surface area contributed by atoms with E-state index in [0.29, 0.717) is 5.56 Å². The molecule has 0 saturated heterocycles. The van der Waals surface area contributed by atoms with Gasteiger partial charge in [0.2, 0.25) is 0 Å². The van der Waals surface area contributed by atoms with Crippen LogP contribution in [0, 0.1) is 5.82 Å². The van der Waals surface area contributed by atoms with E-state index in [0.717, 1.165) is 19.3 Å². The Morgan fingerprint density at radius 1 is 1.35 bits per heavy atom. The number of nitrogens with one attached hydrogen (secondary N) is 1. The summed E-state index contributed by atoms with van der Waals surface area (Å²) in [6.07, 6.45) is 5.40. The van der Waals surface area contributed by atoms with Gasteiger partial charge in [0.25, 0.3) is 0 Å². The zero-order valence-corrected chi connectivity index (χ0v) is 10.9. The van der Waals surface area contributed by atoms with Gasteiger partial charge in [-0.1, -0.05) is 56.3 Å². The van der Waals surface area contributed by atoms with Crippen LogP contribution in [0.25, 0.3) is 0 Å². The summed E-state index contributed by atoms with van der Waals surface area (Å²) in [6.45, 7) is 2.16. The largest absolute Gasteiger partial charge is 0.271 e. The first-order valence-corrected chi connectivity index (χ1v) is 6.48. The molecule has 0 aromatic heterocycles. The molecule has 0 radical (unpaired) electrons. The molecule has 1 aromatic carbocycles. The number of hydrogen-bond acceptors (Lipinski definition) is 2. The standard InChI is InChI=1S/C13H20ClFN2/c1-2-3-4-5-9-12(17-16)10-7-6-8-11(14)13(10)15/h6-8,12,17H,2-5,9,16H2,1H3. The fraction of sp³-hybridized carbons (Fsp3) is 0.538. The lowest BCUT2D eigenvalue weighted by Crippen LogP contribution is -2.28. The van der Waals surface area contributed by atoms with Crippen molar-refractivity contribution < 1.29 is 4.39 Å². The first-order valence-electron chi connectivity index (χ1n) is 6.10. The summed E-state index contributed by atoms with van der Waals surface area (Å²) in [5.41, 5.74) is 3.22. The second-order valence-corrected chi connectivity index (χ2v) is 4.62. The van der Waals surface area contributed by atoms with E-state index in [1.165, 1.54) is 12.8 Å². The minimum Gasteiger partial charge on any atom is -0.271 e. The molecule has 1 aromatic rings. The van der Waals surface area contributed by atoms with Crippen molar-refractivity contribution in [3.63, 3.8) is 0 Å². The quantitative estimate of drug-likeness (QED) is 0.441. The predicted octanol–water partition coefficient (Wildman–Crippen LogP) is 3.95. The van der Waals surface area contributed by atoms with Crippen molar-refractivity contribution in [3.8, 4) is 0 Å². The summed E-state index contributed by atoms with van der Waals surface area (Å²) >= 11 is 5.76. The first kappa shape index (κ1) is 14.4. The van der Waals surface area contributed by atoms with Crippen molar-refractivity contribution in [2.24, 2.45) is 5.84 Å². The fourth-order valence-corrected chi connectivity index (χ4v) is 2.08. The summed E-state index contributed by atoms with van der Waals surface area (Å²) in [5, 5.41) is 0.149. The van der Waals surface area contributed by atoms with Crippen molar-refractivity contribution in [2.75, 3.05) is 0 Å². The van der Waals surface area contributed by atoms with Gasteiger partial charge in [0, 0.05) is 11.6 Å². The van der Waals surface area contributed by atoms with E-state index in [1.807, 2.05) is 0 Å². The summed E-state index contributed by atoms with van der Waals surface area (Å²) < 4.78 is 13.8. The van der Waals surface area contributed by atoms with Gasteiger partial charge >= 0.3 is 0 Å². The molecule has 0 heterocycles. The molecule has 1 rings (SSSR count). The number of nitrogens with two attached hydrogens (primary N) is 1. The number of hydrogen-bond donors (Lipinski definition) is 2. The third-order valence-corrected chi connectivity index (χ3v) is 3.20. The van der Waals surface area contributed by atoms with Gasteiger partial charge in [-0.3, -0.25) is 11.3 Å². The van der Waals surface area contributed by atoms with Gasteiger partial charge in [-0.05, 0) is 12.5 Å². The van der Waals surface area contributed by atoms with Crippen LogP contribution < -0.4 is 11.3 Å². The average molecular weight is 259 g/mol. The summed E-state index contributed by atoms with van der Waals surface area (Å²) in [7, 11) is 0. The molecule has 0 spiro atoms. The van der Waals surface area contributed by atoms with E-state index in [-0.39, 0.29) is 16.9 Å². The highest BCUT2D eigenvalue weighted by Crippen LogP contribution is 2.26. The first-order chi connectivity index (χ1) is 8.20. The number of halogens is 2. The van der Waals surface area contributed by atoms with Crippen LogP contribution in [0.2, 0.25) is 5.02 Å². The van der Waals surface area contributed by atoms with Gasteiger partial charge in [-0.25, -0.2) is 4.39 Å². The SMILES string of the molecule is CCCCCCC(NN)c1cccc(Cl)c1F. The highest BCUT2D eigenvalue weighted by molar-refractivity contribution is 6.30. The third kappa shape index (κ3) is 4.26. The van der Waals surface area contributed by atoms with Gasteiger partial charge in [0.1, 0.15) is 5.82 Å². The number of hydrazine groups is 1. The molecule has 96 valence electrons. The Kier molecular flexibility index (Phi) is 6.48. The molecule has 1 unspecified atom stereocenters. The van der Waals surface area contributed by atoms with Gasteiger partial charge in [-0.2, -0.15) is 0 Å². The van der Waals surface area contributed by atoms with Crippen molar-refractivity contribution in [2.45, 2.75) is 45.1 Å². The van der Waals surface area contributed by atoms with Gasteiger partial charge in [0.05, 0.1) is 5.02 Å². The van der Waals surface area contributed by atoms with Gasteiger partial charge < -0.3 is 0 Å². The van der Waals surface area contributed by atoms with Gasteiger partial charge in [0.15, 0.2) is 0 Å². The van der Waals surface area contributed by atoms with Crippen molar-refractivity contribution in [1.82, 2.24) is 5.43 Å². The maximum atomic E-state index is 13.8. The molecule has 2 nitrogen and oxygen atoms in total. The number of rotatable bonds is 7. The Bertz CT molecular complexity index is 344. The fourth-order valence-electron chi connectivity index (χ4n) is 1.89. The lowest BCUT2D eigenvalue weighted by atomic mass is 10.00. The zero-order valence-electron chi connectivity index (χ0n) is 10.2. The molecule has 0 aliphatic rings. The average Bonchev–Trinajstić information content (AvgIpc) is 2.34. The Labute approximate surface area is 107 Å². The monoisotopic (exact) mass is 258 g/mol. The van der Waals surface area contributed by atoms with E-state index >= 15 is 0 Å². The molecule has 0 aliphatic heterocycles. The summed E-state index contributed by atoms with van der Waals surface area (Å²) in [5.74, 6) is 5.11. The minimum atomic E-state index is -0.368. The molecule has 4 heteroatoms. The molecule has 0 aliphatic carbocycles. The Hall–Kier alpha value is -0.640. The van der Waals surface area contributed by atoms with E-state index in [2.05, 4.69) is 12.3 Å². The summed E-state index contributed by atoms with van der Waals surface area (Å²) in [6, 6.07) is 4.86. The van der Waals surface area contributed by atoms with Crippen LogP contribution in [-0.4, -0.2) is 0 Å². The van der Waals surface area contributed by atoms with Crippen LogP contribution in [0.4, 0.5) is 4.39 Å². The highest BCUT2D eigenvalue weighted by atomic mass is 35.5. The maximum absolute atomic E-state index is 13.8. The van der Waals surface area contributed by atoms with Crippen molar-refractivity contribution in [1.29, 1.82) is 0 Å². The second kappa shape index (κ2) is 7.64. The second-order valence-electron chi connectivity index (χ2n) is 4.21. The molecular weight excluding hydrogens is 239 g/mol. The lowest BCUT2D eigenvalue weighted by molar-refractivity contribution is 0.461. The number of unbranched alkanes of at least 4 members (excludes halogenated alkanes) is 3. The minimum absolute atomic E-state index is 0.149. The molecule has 0 saturated carbocycles. The van der Waals surface area contributed by atoms with Crippen LogP contribution in [0.3, 0.4) is 0 Å². The van der Waals surface area contributed by atoms with Gasteiger partial charge in [-0.15, -0.1) is 0 Å². The highest BCUT2D eigenvalue weighted by Gasteiger charge is 2.15. The molecule has 0 amide bonds. The Balaban J connectivity index is 2.63. The van der Waals surface area contributed by atoms with Crippen LogP contribution >= 0.6 is 11.6 Å². The lowest BCUT2D eigenvalue weighted by Gasteiger charge is -2.17. The summed E-state index contributed by atoms with van der Waals surface area (Å²) in [4.78, 5) is 0. The van der Waals surface area contributed by atoms with E-state index in [9.17, 15) is 4.39 Å². The van der Waals surface area contributed by atoms with Crippen molar-refractivity contribution in [3.05, 3.63) is 34.6 Å². The predicted molar refractivity (Wildman–Crippen MR) is 70.2 cm³/mol. The molecule has 1 atom stereocenters. The normalized spacial score (nSPS) is 12.7. The van der Waals surface area contributed by atoms with E-state index in [4.69, 9.17) is 17.4 Å². The zero-order chi connectivity index (χ0) is 12.7. The molecule has 17 heavy (non-hydrogen) atoms. The van der Waals surface area contributed by atoms with E-state index < -0.39 is 0 Å². The van der Waals surface area contributed by atoms with E-state index in [1.54, 1.807) is 18.2 Å². The molecular formula is C13H20ClFN2. The van der Waals surface area contributed by atoms with Crippen LogP contribution in [-0.2, 0) is 0 Å². The Morgan fingerprint density at radius 2 is 2.12 bits per heavy atom. The van der Waals surface area contributed by atoms with Crippen molar-refractivity contribution >= 4 is 11.6 Å². The smallest absolute Gasteiger partial charge is 0.146 e. The van der Waals surface area contributed by atoms with Crippen LogP contribution in [0.1, 0.15) is 50.6 Å². The van der Waals surface area contributed by atoms with Crippen LogP contribution in [0.5, 0.6) is 0 Å². The van der Waals surface area contributed by atoms with Crippen LogP contribution in [0.15, 0.2) is 18.2 Å². The maximum Gasteiger partial charge on any atom is 0.146 e. The topological polar surface area (TPSA) is 38.0 Å². The Morgan fingerprint density at radius 3 is 2.76 bits per heavy atom. The third-order valence-electron chi connectivity index (χ3n) is 2.90. The molecule has 0 bridgehead atoms.